The van der Waals surface area contributed by atoms with Crippen LogP contribution in [-0.2, 0) is 16.1 Å². The van der Waals surface area contributed by atoms with Crippen molar-refractivity contribution in [3.8, 4) is 0 Å². The quantitative estimate of drug-likeness (QED) is 0.181. The second-order valence-corrected chi connectivity index (χ2v) is 8.17. The van der Waals surface area contributed by atoms with E-state index in [-0.39, 0.29) is 30.1 Å². The van der Waals surface area contributed by atoms with E-state index < -0.39 is 22.9 Å². The molecule has 0 saturated heterocycles. The zero-order chi connectivity index (χ0) is 25.8. The summed E-state index contributed by atoms with van der Waals surface area (Å²) in [6.45, 7) is 4.22. The van der Waals surface area contributed by atoms with E-state index in [0.29, 0.717) is 5.69 Å². The van der Waals surface area contributed by atoms with E-state index in [9.17, 15) is 19.7 Å². The molecule has 3 N–H and O–H groups in total. The van der Waals surface area contributed by atoms with Crippen molar-refractivity contribution in [2.45, 2.75) is 26.5 Å². The Bertz CT molecular complexity index is 1460. The Morgan fingerprint density at radius 2 is 1.83 bits per heavy atom. The molecule has 0 aliphatic heterocycles. The third-order valence-corrected chi connectivity index (χ3v) is 5.87. The van der Waals surface area contributed by atoms with Crippen LogP contribution in [0.1, 0.15) is 24.2 Å². The van der Waals surface area contributed by atoms with E-state index in [0.717, 1.165) is 34.4 Å². The molecule has 0 saturated carbocycles. The molecule has 0 bridgehead atoms. The van der Waals surface area contributed by atoms with Crippen LogP contribution >= 0.6 is 0 Å². The molecule has 4 rings (SSSR count). The number of carbonyl (C=O) groups excluding carboxylic acids is 2. The Balaban J connectivity index is 1.53. The van der Waals surface area contributed by atoms with Gasteiger partial charge < -0.3 is 25.0 Å². The van der Waals surface area contributed by atoms with Crippen LogP contribution in [-0.4, -0.2) is 45.7 Å². The molecule has 36 heavy (non-hydrogen) atoms. The molecule has 0 fully saturated rings. The van der Waals surface area contributed by atoms with Crippen LogP contribution in [0.2, 0.25) is 0 Å². The highest BCUT2D eigenvalue weighted by Crippen LogP contribution is 2.31. The second-order valence-electron chi connectivity index (χ2n) is 8.17. The number of aryl methyl sites for hydroxylation is 1. The summed E-state index contributed by atoms with van der Waals surface area (Å²) in [7, 11) is 0. The van der Waals surface area contributed by atoms with Crippen molar-refractivity contribution in [2.75, 3.05) is 23.8 Å². The number of nitrogens with one attached hydrogen (secondary N) is 2. The van der Waals surface area contributed by atoms with Crippen molar-refractivity contribution in [3.05, 3.63) is 76.3 Å². The van der Waals surface area contributed by atoms with E-state index in [4.69, 9.17) is 9.84 Å². The van der Waals surface area contributed by atoms with E-state index in [1.165, 1.54) is 19.1 Å². The molecule has 0 spiro atoms. The summed E-state index contributed by atoms with van der Waals surface area (Å²) in [4.78, 5) is 36.1. The van der Waals surface area contributed by atoms with Crippen LogP contribution in [0.3, 0.4) is 0 Å². The monoisotopic (exact) mass is 490 g/mol. The fourth-order valence-electron chi connectivity index (χ4n) is 4.15. The first-order valence-corrected chi connectivity index (χ1v) is 11.5. The average Bonchev–Trinajstić information content (AvgIpc) is 3.20. The number of hydrogen-bond donors (Lipinski definition) is 3. The Labute approximate surface area is 206 Å². The number of nitrogens with zero attached hydrogens (tertiary/aromatic N) is 2. The highest BCUT2D eigenvalue weighted by atomic mass is 16.6. The summed E-state index contributed by atoms with van der Waals surface area (Å²) in [5.41, 5.74) is 2.55. The minimum absolute atomic E-state index is 0.105. The van der Waals surface area contributed by atoms with Gasteiger partial charge in [0.25, 0.3) is 11.6 Å². The molecule has 1 aromatic heterocycles. The molecule has 3 aromatic carbocycles. The number of carbonyl (C=O) groups is 2. The molecule has 10 nitrogen and oxygen atoms in total. The molecular formula is C26H26N4O6. The molecule has 1 unspecified atom stereocenters. The number of anilines is 2. The Morgan fingerprint density at radius 3 is 2.56 bits per heavy atom. The number of benzene rings is 3. The number of non-ortho nitro benzene ring substituents is 1. The predicted octanol–water partition coefficient (Wildman–Crippen LogP) is 4.31. The molecular weight excluding hydrogens is 464 g/mol. The maximum absolute atomic E-state index is 12.8. The van der Waals surface area contributed by atoms with Crippen LogP contribution in [0.5, 0.6) is 0 Å². The minimum atomic E-state index is -1.17. The van der Waals surface area contributed by atoms with Gasteiger partial charge in [-0.15, -0.1) is 0 Å². The van der Waals surface area contributed by atoms with E-state index in [2.05, 4.69) is 28.2 Å². The topological polar surface area (TPSA) is 136 Å². The van der Waals surface area contributed by atoms with Gasteiger partial charge in [-0.1, -0.05) is 18.2 Å². The van der Waals surface area contributed by atoms with Crippen LogP contribution in [0.25, 0.3) is 21.8 Å². The summed E-state index contributed by atoms with van der Waals surface area (Å²) in [5.74, 6) is -1.44. The standard InChI is InChI=1S/C26H26N4O6/c1-3-29-23-7-5-4-6-19(23)20-14-17(8-11-24(20)29)28-25(32)16(2)36-26(33)21-15-18(30(34)35)9-10-22(21)27-12-13-31/h4-11,14-16,27,31H,3,12-13H2,1-2H3,(H,28,32). The van der Waals surface area contributed by atoms with E-state index in [1.807, 2.05) is 30.3 Å². The molecule has 0 radical (unpaired) electrons. The van der Waals surface area contributed by atoms with Gasteiger partial charge in [-0.05, 0) is 44.2 Å². The van der Waals surface area contributed by atoms with Crippen molar-refractivity contribution in [2.24, 2.45) is 0 Å². The highest BCUT2D eigenvalue weighted by molar-refractivity contribution is 6.10. The molecule has 10 heteroatoms. The first-order valence-electron chi connectivity index (χ1n) is 11.5. The van der Waals surface area contributed by atoms with Crippen LogP contribution in [0.15, 0.2) is 60.7 Å². The van der Waals surface area contributed by atoms with Crippen LogP contribution in [0.4, 0.5) is 17.1 Å². The first kappa shape index (κ1) is 24.7. The van der Waals surface area contributed by atoms with Gasteiger partial charge in [0.1, 0.15) is 0 Å². The smallest absolute Gasteiger partial charge is 0.341 e. The van der Waals surface area contributed by atoms with Crippen LogP contribution < -0.4 is 10.6 Å². The number of fused-ring (bicyclic) bond motifs is 3. The summed E-state index contributed by atoms with van der Waals surface area (Å²) in [5, 5.41) is 27.9. The van der Waals surface area contributed by atoms with Crippen LogP contribution in [0, 0.1) is 10.1 Å². The van der Waals surface area contributed by atoms with Gasteiger partial charge >= 0.3 is 5.97 Å². The Kier molecular flexibility index (Phi) is 7.16. The lowest BCUT2D eigenvalue weighted by molar-refractivity contribution is -0.384. The lowest BCUT2D eigenvalue weighted by Crippen LogP contribution is -2.30. The normalized spacial score (nSPS) is 11.9. The molecule has 0 aliphatic rings. The lowest BCUT2D eigenvalue weighted by Gasteiger charge is -2.16. The van der Waals surface area contributed by atoms with Gasteiger partial charge in [0.05, 0.1) is 17.1 Å². The number of nitro groups is 1. The van der Waals surface area contributed by atoms with E-state index >= 15 is 0 Å². The number of amides is 1. The molecule has 0 aliphatic carbocycles. The Hall–Kier alpha value is -4.44. The van der Waals surface area contributed by atoms with Gasteiger partial charge in [0.15, 0.2) is 6.10 Å². The lowest BCUT2D eigenvalue weighted by atomic mass is 10.1. The van der Waals surface area contributed by atoms with Crippen molar-refractivity contribution in [1.82, 2.24) is 4.57 Å². The largest absolute Gasteiger partial charge is 0.449 e. The fourth-order valence-corrected chi connectivity index (χ4v) is 4.15. The van der Waals surface area contributed by atoms with Crippen molar-refractivity contribution in [1.29, 1.82) is 0 Å². The van der Waals surface area contributed by atoms with Gasteiger partial charge in [-0.3, -0.25) is 14.9 Å². The van der Waals surface area contributed by atoms with E-state index in [1.54, 1.807) is 6.07 Å². The van der Waals surface area contributed by atoms with Gasteiger partial charge in [0, 0.05) is 58.4 Å². The first-order chi connectivity index (χ1) is 17.3. The van der Waals surface area contributed by atoms with Gasteiger partial charge in [-0.25, -0.2) is 4.79 Å². The number of rotatable bonds is 9. The Morgan fingerprint density at radius 1 is 1.08 bits per heavy atom. The molecule has 1 heterocycles. The van der Waals surface area contributed by atoms with Crippen molar-refractivity contribution in [3.63, 3.8) is 0 Å². The summed E-state index contributed by atoms with van der Waals surface area (Å²) in [6, 6.07) is 17.3. The molecule has 4 aromatic rings. The zero-order valence-electron chi connectivity index (χ0n) is 19.9. The SMILES string of the molecule is CCn1c2ccccc2c2cc(NC(=O)C(C)OC(=O)c3cc([N+](=O)[O-])ccc3NCCO)ccc21. The number of ether oxygens (including phenoxy) is 1. The highest BCUT2D eigenvalue weighted by Gasteiger charge is 2.23. The molecule has 1 amide bonds. The molecule has 1 atom stereocenters. The van der Waals surface area contributed by atoms with Crippen molar-refractivity contribution < 1.29 is 24.4 Å². The summed E-state index contributed by atoms with van der Waals surface area (Å²) in [6.07, 6.45) is -1.17. The number of para-hydroxylation sites is 1. The number of hydrogen-bond acceptors (Lipinski definition) is 7. The van der Waals surface area contributed by atoms with Gasteiger partial charge in [-0.2, -0.15) is 0 Å². The number of esters is 1. The predicted molar refractivity (Wildman–Crippen MR) is 137 cm³/mol. The van der Waals surface area contributed by atoms with Gasteiger partial charge in [0.2, 0.25) is 0 Å². The molecule has 186 valence electrons. The number of nitro benzene ring substituents is 1. The van der Waals surface area contributed by atoms with Crippen molar-refractivity contribution >= 4 is 50.7 Å². The third kappa shape index (κ3) is 4.84. The summed E-state index contributed by atoms with van der Waals surface area (Å²) < 4.78 is 7.52. The number of aliphatic hydroxyl groups excluding tert-OH is 1. The fraction of sp³-hybridized carbons (Fsp3) is 0.231. The number of aliphatic hydroxyl groups is 1. The third-order valence-electron chi connectivity index (χ3n) is 5.87. The minimum Gasteiger partial charge on any atom is -0.449 e. The summed E-state index contributed by atoms with van der Waals surface area (Å²) >= 11 is 0. The number of aromatic nitrogens is 1. The average molecular weight is 491 g/mol. The second kappa shape index (κ2) is 10.4. The maximum atomic E-state index is 12.8. The maximum Gasteiger partial charge on any atom is 0.341 e. The zero-order valence-corrected chi connectivity index (χ0v) is 19.9.